The van der Waals surface area contributed by atoms with Crippen LogP contribution in [0.2, 0.25) is 0 Å². The molecule has 7 heteroatoms. The quantitative estimate of drug-likeness (QED) is 0.813. The molecule has 1 amide bonds. The van der Waals surface area contributed by atoms with Crippen LogP contribution in [-0.4, -0.2) is 51.8 Å². The average molecular weight is 287 g/mol. The van der Waals surface area contributed by atoms with Gasteiger partial charge in [0.15, 0.2) is 0 Å². The lowest BCUT2D eigenvalue weighted by molar-refractivity contribution is -0.147. The van der Waals surface area contributed by atoms with Gasteiger partial charge in [0.05, 0.1) is 5.92 Å². The van der Waals surface area contributed by atoms with Crippen LogP contribution in [0.3, 0.4) is 0 Å². The zero-order chi connectivity index (χ0) is 15.5. The Morgan fingerprint density at radius 3 is 2.30 bits per heavy atom. The number of carboxylic acid groups (broad SMARTS) is 2. The van der Waals surface area contributed by atoms with Gasteiger partial charge in [0.25, 0.3) is 0 Å². The average Bonchev–Trinajstić information content (AvgIpc) is 2.25. The molecule has 7 nitrogen and oxygen atoms in total. The first kappa shape index (κ1) is 16.3. The Bertz CT molecular complexity index is 400. The van der Waals surface area contributed by atoms with Crippen LogP contribution in [0, 0.1) is 11.8 Å². The third-order valence-corrected chi connectivity index (χ3v) is 3.16. The minimum Gasteiger partial charge on any atom is -0.481 e. The zero-order valence-electron chi connectivity index (χ0n) is 12.0. The molecule has 1 rings (SSSR count). The molecule has 0 aliphatic carbocycles. The highest BCUT2D eigenvalue weighted by molar-refractivity contribution is 5.75. The normalized spacial score (nSPS) is 23.2. The molecule has 1 saturated heterocycles. The van der Waals surface area contributed by atoms with Crippen molar-refractivity contribution in [1.82, 2.24) is 4.90 Å². The van der Waals surface area contributed by atoms with Crippen LogP contribution in [0.5, 0.6) is 0 Å². The molecule has 114 valence electrons. The minimum absolute atomic E-state index is 0.0117. The molecule has 1 heterocycles. The van der Waals surface area contributed by atoms with Gasteiger partial charge in [-0.2, -0.15) is 0 Å². The number of carbonyl (C=O) groups is 3. The number of likely N-dealkylation sites (tertiary alicyclic amines) is 1. The van der Waals surface area contributed by atoms with Crippen molar-refractivity contribution in [1.29, 1.82) is 0 Å². The summed E-state index contributed by atoms with van der Waals surface area (Å²) in [6.07, 6.45) is -0.403. The maximum atomic E-state index is 11.9. The smallest absolute Gasteiger partial charge is 0.410 e. The third kappa shape index (κ3) is 4.71. The second-order valence-electron chi connectivity index (χ2n) is 6.02. The molecule has 0 spiro atoms. The minimum atomic E-state index is -1.08. The summed E-state index contributed by atoms with van der Waals surface area (Å²) in [5.41, 5.74) is -0.645. The summed E-state index contributed by atoms with van der Waals surface area (Å²) in [6.45, 7) is 5.50. The van der Waals surface area contributed by atoms with E-state index in [2.05, 4.69) is 0 Å². The monoisotopic (exact) mass is 287 g/mol. The topological polar surface area (TPSA) is 104 Å². The number of piperidine rings is 1. The molecule has 0 aromatic carbocycles. The van der Waals surface area contributed by atoms with Gasteiger partial charge in [-0.1, -0.05) is 0 Å². The standard InChI is InChI=1S/C13H21NO6/c1-13(2,3)20-12(19)14-5-4-8(6-10(15)16)9(7-14)11(17)18/h8-9H,4-7H2,1-3H3,(H,15,16)(H,17,18)/t8-,9+/m0/s1. The summed E-state index contributed by atoms with van der Waals surface area (Å²) in [5, 5.41) is 18.0. The van der Waals surface area contributed by atoms with Crippen molar-refractivity contribution in [3.05, 3.63) is 0 Å². The van der Waals surface area contributed by atoms with Crippen LogP contribution in [-0.2, 0) is 14.3 Å². The van der Waals surface area contributed by atoms with Crippen molar-refractivity contribution in [2.24, 2.45) is 11.8 Å². The molecule has 1 aliphatic heterocycles. The molecule has 2 N–H and O–H groups in total. The maximum Gasteiger partial charge on any atom is 0.410 e. The number of hydrogen-bond acceptors (Lipinski definition) is 4. The van der Waals surface area contributed by atoms with Crippen molar-refractivity contribution in [2.45, 2.75) is 39.2 Å². The predicted octanol–water partition coefficient (Wildman–Crippen LogP) is 1.42. The van der Waals surface area contributed by atoms with Crippen LogP contribution in [0.15, 0.2) is 0 Å². The van der Waals surface area contributed by atoms with Crippen LogP contribution >= 0.6 is 0 Å². The highest BCUT2D eigenvalue weighted by Crippen LogP contribution is 2.28. The molecule has 0 aromatic heterocycles. The van der Waals surface area contributed by atoms with Crippen molar-refractivity contribution < 1.29 is 29.3 Å². The van der Waals surface area contributed by atoms with E-state index in [1.165, 1.54) is 4.90 Å². The van der Waals surface area contributed by atoms with Crippen LogP contribution in [0.1, 0.15) is 33.6 Å². The van der Waals surface area contributed by atoms with Gasteiger partial charge in [0.1, 0.15) is 5.60 Å². The maximum absolute atomic E-state index is 11.9. The van der Waals surface area contributed by atoms with E-state index in [9.17, 15) is 19.5 Å². The lowest BCUT2D eigenvalue weighted by atomic mass is 9.83. The first-order valence-corrected chi connectivity index (χ1v) is 6.52. The lowest BCUT2D eigenvalue weighted by Crippen LogP contribution is -2.48. The number of aliphatic carboxylic acids is 2. The van der Waals surface area contributed by atoms with E-state index in [0.717, 1.165) is 0 Å². The number of hydrogen-bond donors (Lipinski definition) is 2. The van der Waals surface area contributed by atoms with E-state index >= 15 is 0 Å². The molecule has 1 aliphatic rings. The highest BCUT2D eigenvalue weighted by atomic mass is 16.6. The van der Waals surface area contributed by atoms with E-state index in [1.54, 1.807) is 20.8 Å². The van der Waals surface area contributed by atoms with Crippen molar-refractivity contribution in [3.8, 4) is 0 Å². The van der Waals surface area contributed by atoms with Crippen LogP contribution in [0.4, 0.5) is 4.79 Å². The molecule has 0 aromatic rings. The Morgan fingerprint density at radius 1 is 1.25 bits per heavy atom. The van der Waals surface area contributed by atoms with E-state index in [-0.39, 0.29) is 13.0 Å². The van der Waals surface area contributed by atoms with Gasteiger partial charge in [-0.15, -0.1) is 0 Å². The molecular formula is C13H21NO6. The summed E-state index contributed by atoms with van der Waals surface area (Å²) >= 11 is 0. The summed E-state index contributed by atoms with van der Waals surface area (Å²) in [5.74, 6) is -3.42. The molecule has 0 saturated carbocycles. The number of rotatable bonds is 3. The van der Waals surface area contributed by atoms with E-state index in [1.807, 2.05) is 0 Å². The first-order valence-electron chi connectivity index (χ1n) is 6.52. The van der Waals surface area contributed by atoms with Crippen molar-refractivity contribution >= 4 is 18.0 Å². The molecule has 1 fully saturated rings. The number of carbonyl (C=O) groups excluding carboxylic acids is 1. The van der Waals surface area contributed by atoms with E-state index in [4.69, 9.17) is 9.84 Å². The van der Waals surface area contributed by atoms with Crippen LogP contribution in [0.25, 0.3) is 0 Å². The second kappa shape index (κ2) is 6.11. The molecule has 0 unspecified atom stereocenters. The van der Waals surface area contributed by atoms with Crippen LogP contribution < -0.4 is 0 Å². The summed E-state index contributed by atoms with van der Waals surface area (Å²) < 4.78 is 5.20. The summed E-state index contributed by atoms with van der Waals surface area (Å²) in [4.78, 5) is 35.2. The Balaban J connectivity index is 2.71. The fourth-order valence-electron chi connectivity index (χ4n) is 2.24. The van der Waals surface area contributed by atoms with E-state index in [0.29, 0.717) is 13.0 Å². The first-order chi connectivity index (χ1) is 9.10. The lowest BCUT2D eigenvalue weighted by Gasteiger charge is -2.36. The Kier molecular flexibility index (Phi) is 4.97. The van der Waals surface area contributed by atoms with Crippen molar-refractivity contribution in [3.63, 3.8) is 0 Å². The zero-order valence-corrected chi connectivity index (χ0v) is 12.0. The van der Waals surface area contributed by atoms with E-state index < -0.39 is 35.5 Å². The largest absolute Gasteiger partial charge is 0.481 e. The van der Waals surface area contributed by atoms with Gasteiger partial charge < -0.3 is 19.8 Å². The van der Waals surface area contributed by atoms with Gasteiger partial charge in [-0.05, 0) is 33.1 Å². The number of nitrogens with zero attached hydrogens (tertiary/aromatic N) is 1. The summed E-state index contributed by atoms with van der Waals surface area (Å²) in [6, 6.07) is 0. The number of carboxylic acids is 2. The van der Waals surface area contributed by atoms with Gasteiger partial charge >= 0.3 is 18.0 Å². The van der Waals surface area contributed by atoms with Crippen molar-refractivity contribution in [2.75, 3.05) is 13.1 Å². The van der Waals surface area contributed by atoms with Gasteiger partial charge in [0, 0.05) is 19.5 Å². The SMILES string of the molecule is CC(C)(C)OC(=O)N1CC[C@@H](CC(=O)O)[C@H](C(=O)O)C1. The number of ether oxygens (including phenoxy) is 1. The Labute approximate surface area is 117 Å². The highest BCUT2D eigenvalue weighted by Gasteiger charge is 2.38. The van der Waals surface area contributed by atoms with Gasteiger partial charge in [-0.3, -0.25) is 9.59 Å². The second-order valence-corrected chi connectivity index (χ2v) is 6.02. The number of amides is 1. The fourth-order valence-corrected chi connectivity index (χ4v) is 2.24. The Morgan fingerprint density at radius 2 is 1.85 bits per heavy atom. The predicted molar refractivity (Wildman–Crippen MR) is 69.3 cm³/mol. The van der Waals surface area contributed by atoms with Gasteiger partial charge in [0.2, 0.25) is 0 Å². The third-order valence-electron chi connectivity index (χ3n) is 3.16. The summed E-state index contributed by atoms with van der Waals surface area (Å²) in [7, 11) is 0. The molecule has 0 radical (unpaired) electrons. The fraction of sp³-hybridized carbons (Fsp3) is 0.769. The molecule has 20 heavy (non-hydrogen) atoms. The molecule has 0 bridgehead atoms. The van der Waals surface area contributed by atoms with Gasteiger partial charge in [-0.25, -0.2) is 4.79 Å². The molecule has 2 atom stereocenters. The Hall–Kier alpha value is -1.79. The molecular weight excluding hydrogens is 266 g/mol.